The molecule has 5 heteroatoms. The van der Waals surface area contributed by atoms with Gasteiger partial charge in [-0.25, -0.2) is 19.3 Å². The third-order valence-corrected chi connectivity index (χ3v) is 0.882. The Kier molecular flexibility index (Phi) is 2.14. The second-order valence-electron chi connectivity index (χ2n) is 1.34. The van der Waals surface area contributed by atoms with Crippen LogP contribution < -0.4 is 0 Å². The minimum absolute atomic E-state index is 0.387. The highest BCUT2D eigenvalue weighted by Crippen LogP contribution is 1.85. The molecule has 0 saturated heterocycles. The minimum Gasteiger partial charge on any atom is -0.225 e. The molecule has 0 bridgehead atoms. The fraction of sp³-hybridized carbons (Fsp3) is 0.250. The van der Waals surface area contributed by atoms with Gasteiger partial charge in [0, 0.05) is 12.4 Å². The standard InChI is InChI=1S/C4H4N4S/c9-8-1-4-6-2-5-3-7-4/h2-3H,1H2. The molecule has 0 atom stereocenters. The maximum atomic E-state index is 4.36. The number of aromatic nitrogens is 3. The van der Waals surface area contributed by atoms with Crippen molar-refractivity contribution in [3.8, 4) is 0 Å². The topological polar surface area (TPSA) is 51.0 Å². The molecule has 0 aliphatic carbocycles. The third kappa shape index (κ3) is 1.77. The minimum atomic E-state index is 0.387. The van der Waals surface area contributed by atoms with Crippen LogP contribution >= 0.6 is 0 Å². The van der Waals surface area contributed by atoms with Gasteiger partial charge in [-0.2, -0.15) is 0 Å². The fourth-order valence-corrected chi connectivity index (χ4v) is 0.518. The van der Waals surface area contributed by atoms with Crippen molar-refractivity contribution >= 4 is 12.4 Å². The molecule has 0 aromatic carbocycles. The van der Waals surface area contributed by atoms with E-state index in [1.807, 2.05) is 0 Å². The Bertz CT molecular complexity index is 187. The quantitative estimate of drug-likeness (QED) is 0.584. The van der Waals surface area contributed by atoms with Crippen LogP contribution in [0.5, 0.6) is 0 Å². The van der Waals surface area contributed by atoms with Crippen molar-refractivity contribution in [1.29, 1.82) is 0 Å². The lowest BCUT2D eigenvalue weighted by Crippen LogP contribution is -1.91. The molecule has 1 aromatic heterocycles. The zero-order valence-electron chi connectivity index (χ0n) is 4.56. The molecule has 4 nitrogen and oxygen atoms in total. The highest BCUT2D eigenvalue weighted by molar-refractivity contribution is 7.47. The Balaban J connectivity index is 2.72. The number of nitrogens with zero attached hydrogens (tertiary/aromatic N) is 4. The normalized spacial score (nSPS) is 8.89. The van der Waals surface area contributed by atoms with Gasteiger partial charge in [-0.1, -0.05) is 0 Å². The average Bonchev–Trinajstić information content (AvgIpc) is 1.91. The molecule has 0 fully saturated rings. The number of hydrogen-bond acceptors (Lipinski definition) is 5. The molecule has 0 saturated carbocycles. The first-order valence-electron chi connectivity index (χ1n) is 2.33. The smallest absolute Gasteiger partial charge is 0.154 e. The van der Waals surface area contributed by atoms with Gasteiger partial charge in [-0.3, -0.25) is 0 Å². The zero-order valence-corrected chi connectivity index (χ0v) is 5.38. The van der Waals surface area contributed by atoms with Gasteiger partial charge in [0.25, 0.3) is 0 Å². The Morgan fingerprint density at radius 3 is 2.67 bits per heavy atom. The van der Waals surface area contributed by atoms with Crippen molar-refractivity contribution < 1.29 is 0 Å². The van der Waals surface area contributed by atoms with E-state index in [0.29, 0.717) is 12.4 Å². The van der Waals surface area contributed by atoms with Crippen LogP contribution in [0.25, 0.3) is 0 Å². The SMILES string of the molecule is S=NCc1ncncn1. The molecule has 1 rings (SSSR count). The Hall–Kier alpha value is -0.970. The Morgan fingerprint density at radius 1 is 1.44 bits per heavy atom. The summed E-state index contributed by atoms with van der Waals surface area (Å²) >= 11 is 4.36. The van der Waals surface area contributed by atoms with Gasteiger partial charge in [0.15, 0.2) is 5.82 Å². The van der Waals surface area contributed by atoms with Crippen molar-refractivity contribution in [2.75, 3.05) is 0 Å². The van der Waals surface area contributed by atoms with E-state index in [1.165, 1.54) is 12.7 Å². The van der Waals surface area contributed by atoms with Crippen LogP contribution in [0.4, 0.5) is 0 Å². The van der Waals surface area contributed by atoms with E-state index in [1.54, 1.807) is 0 Å². The second-order valence-corrected chi connectivity index (χ2v) is 1.60. The second kappa shape index (κ2) is 3.13. The predicted molar refractivity (Wildman–Crippen MR) is 33.3 cm³/mol. The van der Waals surface area contributed by atoms with Crippen LogP contribution in [-0.4, -0.2) is 15.0 Å². The molecule has 0 N–H and O–H groups in total. The maximum absolute atomic E-state index is 4.36. The first-order valence-corrected chi connectivity index (χ1v) is 2.70. The lowest BCUT2D eigenvalue weighted by atomic mass is 10.6. The molecule has 0 aliphatic heterocycles. The van der Waals surface area contributed by atoms with Gasteiger partial charge in [-0.15, -0.1) is 0 Å². The first kappa shape index (κ1) is 6.15. The highest BCUT2D eigenvalue weighted by Gasteiger charge is 1.88. The van der Waals surface area contributed by atoms with E-state index in [4.69, 9.17) is 0 Å². The van der Waals surface area contributed by atoms with Crippen LogP contribution in [0.3, 0.4) is 0 Å². The Labute approximate surface area is 57.5 Å². The van der Waals surface area contributed by atoms with E-state index in [0.717, 1.165) is 0 Å². The van der Waals surface area contributed by atoms with E-state index >= 15 is 0 Å². The summed E-state index contributed by atoms with van der Waals surface area (Å²) in [6.07, 6.45) is 2.84. The molecular weight excluding hydrogens is 136 g/mol. The maximum Gasteiger partial charge on any atom is 0.154 e. The summed E-state index contributed by atoms with van der Waals surface area (Å²) in [6.45, 7) is 0.387. The third-order valence-electron chi connectivity index (χ3n) is 0.753. The molecule has 46 valence electrons. The highest BCUT2D eigenvalue weighted by atomic mass is 32.1. The first-order chi connectivity index (χ1) is 4.43. The van der Waals surface area contributed by atoms with E-state index < -0.39 is 0 Å². The van der Waals surface area contributed by atoms with E-state index in [2.05, 4.69) is 31.7 Å². The van der Waals surface area contributed by atoms with Gasteiger partial charge in [-0.05, 0) is 0 Å². The summed E-state index contributed by atoms with van der Waals surface area (Å²) in [6, 6.07) is 0. The van der Waals surface area contributed by atoms with Crippen molar-refractivity contribution in [1.82, 2.24) is 15.0 Å². The van der Waals surface area contributed by atoms with Gasteiger partial charge < -0.3 is 0 Å². The van der Waals surface area contributed by atoms with Crippen LogP contribution in [0.15, 0.2) is 17.0 Å². The van der Waals surface area contributed by atoms with Gasteiger partial charge in [0.05, 0.1) is 0 Å². The van der Waals surface area contributed by atoms with Crippen LogP contribution in [0.1, 0.15) is 5.82 Å². The molecule has 1 heterocycles. The molecule has 9 heavy (non-hydrogen) atoms. The average molecular weight is 140 g/mol. The summed E-state index contributed by atoms with van der Waals surface area (Å²) < 4.78 is 3.44. The molecule has 0 spiro atoms. The van der Waals surface area contributed by atoms with Crippen molar-refractivity contribution in [3.05, 3.63) is 18.5 Å². The van der Waals surface area contributed by atoms with Crippen molar-refractivity contribution in [3.63, 3.8) is 0 Å². The summed E-state index contributed by atoms with van der Waals surface area (Å²) in [5.74, 6) is 0.611. The molecule has 0 unspecified atom stereocenters. The largest absolute Gasteiger partial charge is 0.225 e. The molecule has 1 aromatic rings. The molecule has 0 amide bonds. The summed E-state index contributed by atoms with van der Waals surface area (Å²) in [5, 5.41) is 0. The van der Waals surface area contributed by atoms with Gasteiger partial charge in [0.2, 0.25) is 0 Å². The predicted octanol–water partition coefficient (Wildman–Crippen LogP) is 0.102. The number of rotatable bonds is 2. The van der Waals surface area contributed by atoms with Crippen molar-refractivity contribution in [2.24, 2.45) is 4.36 Å². The van der Waals surface area contributed by atoms with Crippen LogP contribution in [0.2, 0.25) is 0 Å². The zero-order chi connectivity index (χ0) is 6.53. The fourth-order valence-electron chi connectivity index (χ4n) is 0.402. The van der Waals surface area contributed by atoms with E-state index in [-0.39, 0.29) is 0 Å². The number of hydrogen-bond donors (Lipinski definition) is 0. The van der Waals surface area contributed by atoms with Gasteiger partial charge >= 0.3 is 0 Å². The van der Waals surface area contributed by atoms with Crippen molar-refractivity contribution in [2.45, 2.75) is 6.54 Å². The molecule has 0 aliphatic rings. The molecular formula is C4H4N4S. The molecule has 0 radical (unpaired) electrons. The lowest BCUT2D eigenvalue weighted by Gasteiger charge is -1.87. The summed E-state index contributed by atoms with van der Waals surface area (Å²) in [5.41, 5.74) is 0. The van der Waals surface area contributed by atoms with Crippen LogP contribution in [-0.2, 0) is 19.0 Å². The summed E-state index contributed by atoms with van der Waals surface area (Å²) in [7, 11) is 0. The van der Waals surface area contributed by atoms with Gasteiger partial charge in [0.1, 0.15) is 19.2 Å². The van der Waals surface area contributed by atoms with Crippen LogP contribution in [0, 0.1) is 0 Å². The Morgan fingerprint density at radius 2 is 2.11 bits per heavy atom. The lowest BCUT2D eigenvalue weighted by molar-refractivity contribution is 0.883. The monoisotopic (exact) mass is 140 g/mol. The van der Waals surface area contributed by atoms with E-state index in [9.17, 15) is 0 Å². The summed E-state index contributed by atoms with van der Waals surface area (Å²) in [4.78, 5) is 11.2.